The highest BCUT2D eigenvalue weighted by atomic mass is 28.4. The van der Waals surface area contributed by atoms with Gasteiger partial charge in [-0.15, -0.1) is 0 Å². The highest BCUT2D eigenvalue weighted by Crippen LogP contribution is 2.46. The van der Waals surface area contributed by atoms with E-state index in [1.165, 1.54) is 12.0 Å². The Morgan fingerprint density at radius 2 is 1.92 bits per heavy atom. The van der Waals surface area contributed by atoms with Gasteiger partial charge in [-0.3, -0.25) is 0 Å². The SMILES string of the molecule is CC1CC1c1ccc2nc([C@H]3CC(O[Si](C)(C)C(C)(C)C)CN3)cn2c1. The third-order valence-electron chi connectivity index (χ3n) is 6.75. The van der Waals surface area contributed by atoms with Crippen LogP contribution in [-0.4, -0.2) is 30.4 Å². The molecule has 1 N–H and O–H groups in total. The zero-order valence-electron chi connectivity index (χ0n) is 17.0. The first-order valence-electron chi connectivity index (χ1n) is 10.0. The van der Waals surface area contributed by atoms with E-state index in [2.05, 4.69) is 75.0 Å². The van der Waals surface area contributed by atoms with Crippen LogP contribution in [0.25, 0.3) is 5.65 Å². The van der Waals surface area contributed by atoms with Crippen molar-refractivity contribution in [3.8, 4) is 0 Å². The topological polar surface area (TPSA) is 38.6 Å². The van der Waals surface area contributed by atoms with Gasteiger partial charge in [0.2, 0.25) is 0 Å². The number of fused-ring (bicyclic) bond motifs is 1. The second-order valence-corrected chi connectivity index (χ2v) is 14.7. The largest absolute Gasteiger partial charge is 0.413 e. The fourth-order valence-corrected chi connectivity index (χ4v) is 5.18. The van der Waals surface area contributed by atoms with Crippen molar-refractivity contribution < 1.29 is 4.43 Å². The van der Waals surface area contributed by atoms with Gasteiger partial charge in [0.15, 0.2) is 8.32 Å². The van der Waals surface area contributed by atoms with Crippen molar-refractivity contribution in [2.24, 2.45) is 5.92 Å². The summed E-state index contributed by atoms with van der Waals surface area (Å²) in [6.45, 7) is 14.9. The van der Waals surface area contributed by atoms with E-state index in [1.807, 2.05) is 0 Å². The minimum atomic E-state index is -1.72. The van der Waals surface area contributed by atoms with Crippen LogP contribution in [0.4, 0.5) is 0 Å². The molecule has 4 atom stereocenters. The lowest BCUT2D eigenvalue weighted by Crippen LogP contribution is -2.44. The average Bonchev–Trinajstić information content (AvgIpc) is 2.96. The van der Waals surface area contributed by atoms with Crippen molar-refractivity contribution in [2.75, 3.05) is 6.54 Å². The van der Waals surface area contributed by atoms with Gasteiger partial charge < -0.3 is 14.1 Å². The number of rotatable bonds is 4. The third-order valence-corrected chi connectivity index (χ3v) is 11.3. The van der Waals surface area contributed by atoms with E-state index in [4.69, 9.17) is 9.41 Å². The van der Waals surface area contributed by atoms with Crippen LogP contribution in [0.5, 0.6) is 0 Å². The smallest absolute Gasteiger partial charge is 0.192 e. The maximum Gasteiger partial charge on any atom is 0.192 e. The Kier molecular flexibility index (Phi) is 4.33. The van der Waals surface area contributed by atoms with Gasteiger partial charge in [0.1, 0.15) is 5.65 Å². The van der Waals surface area contributed by atoms with Crippen LogP contribution in [0.3, 0.4) is 0 Å². The molecule has 2 aromatic rings. The molecular weight excluding hydrogens is 338 g/mol. The summed E-state index contributed by atoms with van der Waals surface area (Å²) < 4.78 is 8.81. The van der Waals surface area contributed by atoms with E-state index in [-0.39, 0.29) is 5.04 Å². The van der Waals surface area contributed by atoms with Crippen molar-refractivity contribution in [1.29, 1.82) is 0 Å². The van der Waals surface area contributed by atoms with Gasteiger partial charge in [-0.1, -0.05) is 33.8 Å². The van der Waals surface area contributed by atoms with E-state index in [9.17, 15) is 0 Å². The Labute approximate surface area is 158 Å². The molecule has 3 unspecified atom stereocenters. The molecule has 0 amide bonds. The number of nitrogens with zero attached hydrogens (tertiary/aromatic N) is 2. The Bertz CT molecular complexity index is 807. The van der Waals surface area contributed by atoms with Gasteiger partial charge in [-0.25, -0.2) is 4.98 Å². The molecule has 2 aromatic heterocycles. The van der Waals surface area contributed by atoms with E-state index >= 15 is 0 Å². The maximum atomic E-state index is 6.60. The molecule has 0 bridgehead atoms. The monoisotopic (exact) mass is 371 g/mol. The number of pyridine rings is 1. The fourth-order valence-electron chi connectivity index (χ4n) is 3.81. The van der Waals surface area contributed by atoms with Crippen LogP contribution in [-0.2, 0) is 4.43 Å². The highest BCUT2D eigenvalue weighted by Gasteiger charge is 2.41. The number of aromatic nitrogens is 2. The van der Waals surface area contributed by atoms with E-state index in [1.54, 1.807) is 0 Å². The second kappa shape index (κ2) is 6.18. The van der Waals surface area contributed by atoms with Crippen LogP contribution in [0, 0.1) is 5.92 Å². The minimum absolute atomic E-state index is 0.254. The van der Waals surface area contributed by atoms with Crippen LogP contribution in [0.2, 0.25) is 18.1 Å². The Morgan fingerprint density at radius 1 is 1.19 bits per heavy atom. The Balaban J connectivity index is 1.47. The summed E-state index contributed by atoms with van der Waals surface area (Å²) in [7, 11) is -1.72. The summed E-state index contributed by atoms with van der Waals surface area (Å²) in [5.41, 5.74) is 3.65. The summed E-state index contributed by atoms with van der Waals surface area (Å²) in [6, 6.07) is 4.72. The first kappa shape index (κ1) is 18.2. The summed E-state index contributed by atoms with van der Waals surface area (Å²) in [5.74, 6) is 1.58. The molecule has 1 saturated heterocycles. The molecule has 142 valence electrons. The quantitative estimate of drug-likeness (QED) is 0.778. The molecule has 1 aliphatic carbocycles. The molecule has 2 aliphatic rings. The Morgan fingerprint density at radius 3 is 2.58 bits per heavy atom. The van der Waals surface area contributed by atoms with Crippen molar-refractivity contribution in [1.82, 2.24) is 14.7 Å². The zero-order chi connectivity index (χ0) is 18.7. The molecule has 4 nitrogen and oxygen atoms in total. The van der Waals surface area contributed by atoms with Crippen LogP contribution >= 0.6 is 0 Å². The number of hydrogen-bond donors (Lipinski definition) is 1. The molecule has 3 heterocycles. The third kappa shape index (κ3) is 3.37. The van der Waals surface area contributed by atoms with Crippen molar-refractivity contribution >= 4 is 14.0 Å². The second-order valence-electron chi connectivity index (χ2n) is 9.91. The molecule has 0 radical (unpaired) electrons. The summed E-state index contributed by atoms with van der Waals surface area (Å²) in [5, 5.41) is 3.89. The normalized spacial score (nSPS) is 29.5. The predicted molar refractivity (Wildman–Crippen MR) is 109 cm³/mol. The number of imidazole rings is 1. The standard InChI is InChI=1S/C21H33N3OSi/c1-14-9-17(14)15-7-8-20-23-19(13-24(20)12-15)18-10-16(11-22-18)25-26(5,6)21(2,3)4/h7-8,12-14,16-18,22H,9-11H2,1-6H3/t14?,16?,17?,18-/m1/s1. The highest BCUT2D eigenvalue weighted by molar-refractivity contribution is 6.74. The van der Waals surface area contributed by atoms with Crippen molar-refractivity contribution in [3.05, 3.63) is 35.8 Å². The summed E-state index contributed by atoms with van der Waals surface area (Å²) >= 11 is 0. The fraction of sp³-hybridized carbons (Fsp3) is 0.667. The molecule has 1 aliphatic heterocycles. The molecule has 0 spiro atoms. The van der Waals surface area contributed by atoms with Gasteiger partial charge in [-0.2, -0.15) is 0 Å². The minimum Gasteiger partial charge on any atom is -0.413 e. The molecule has 4 rings (SSSR count). The molecular formula is C21H33N3OSi. The lowest BCUT2D eigenvalue weighted by Gasteiger charge is -2.38. The van der Waals surface area contributed by atoms with Crippen molar-refractivity contribution in [3.63, 3.8) is 0 Å². The Hall–Kier alpha value is -1.17. The predicted octanol–water partition coefficient (Wildman–Crippen LogP) is 4.88. The molecule has 2 fully saturated rings. The lowest BCUT2D eigenvalue weighted by molar-refractivity contribution is 0.197. The molecule has 0 aromatic carbocycles. The molecule has 1 saturated carbocycles. The molecule has 26 heavy (non-hydrogen) atoms. The first-order valence-corrected chi connectivity index (χ1v) is 12.9. The van der Waals surface area contributed by atoms with Gasteiger partial charge >= 0.3 is 0 Å². The van der Waals surface area contributed by atoms with E-state index < -0.39 is 8.32 Å². The zero-order valence-corrected chi connectivity index (χ0v) is 18.0. The van der Waals surface area contributed by atoms with Crippen molar-refractivity contribution in [2.45, 2.75) is 76.7 Å². The van der Waals surface area contributed by atoms with Gasteiger partial charge in [0.05, 0.1) is 17.8 Å². The van der Waals surface area contributed by atoms with Crippen LogP contribution < -0.4 is 5.32 Å². The average molecular weight is 372 g/mol. The van der Waals surface area contributed by atoms with E-state index in [0.717, 1.165) is 36.1 Å². The van der Waals surface area contributed by atoms with Crippen LogP contribution in [0.15, 0.2) is 24.5 Å². The molecule has 5 heteroatoms. The number of hydrogen-bond acceptors (Lipinski definition) is 3. The van der Waals surface area contributed by atoms with Gasteiger partial charge in [0, 0.05) is 18.9 Å². The van der Waals surface area contributed by atoms with Gasteiger partial charge in [0.25, 0.3) is 0 Å². The van der Waals surface area contributed by atoms with Crippen LogP contribution in [0.1, 0.15) is 63.8 Å². The van der Waals surface area contributed by atoms with Gasteiger partial charge in [-0.05, 0) is 54.4 Å². The number of nitrogens with one attached hydrogen (secondary N) is 1. The maximum absolute atomic E-state index is 6.60. The summed E-state index contributed by atoms with van der Waals surface area (Å²) in [6.07, 6.45) is 7.12. The first-order chi connectivity index (χ1) is 12.1. The lowest BCUT2D eigenvalue weighted by atomic mass is 10.1. The van der Waals surface area contributed by atoms with E-state index in [0.29, 0.717) is 12.1 Å². The summed E-state index contributed by atoms with van der Waals surface area (Å²) in [4.78, 5) is 4.87.